The Morgan fingerprint density at radius 3 is 1.46 bits per heavy atom. The van der Waals surface area contributed by atoms with Crippen LogP contribution in [0.25, 0.3) is 0 Å². The van der Waals surface area contributed by atoms with E-state index in [2.05, 4.69) is 39.1 Å². The van der Waals surface area contributed by atoms with E-state index >= 15 is 0 Å². The molecule has 210 valence electrons. The Morgan fingerprint density at radius 2 is 1.05 bits per heavy atom. The molecule has 0 spiro atoms. The SMILES string of the molecule is C=CC(C=CC(C=C)=Nc1ccc(Nc2ccc(Nc3ccc(NC(=O)C(C)C)cc3)cc2)cc1)=NC(=O)C(C)C. The monoisotopic (exact) mass is 547 g/mol. The molecule has 0 aliphatic carbocycles. The Balaban J connectivity index is 1.59. The van der Waals surface area contributed by atoms with E-state index in [1.54, 1.807) is 32.1 Å². The summed E-state index contributed by atoms with van der Waals surface area (Å²) in [7, 11) is 0. The molecule has 7 heteroatoms. The molecule has 0 saturated carbocycles. The first-order chi connectivity index (χ1) is 19.7. The fourth-order valence-electron chi connectivity index (χ4n) is 3.39. The van der Waals surface area contributed by atoms with Gasteiger partial charge in [-0.1, -0.05) is 40.9 Å². The van der Waals surface area contributed by atoms with Crippen LogP contribution in [-0.2, 0) is 9.59 Å². The number of hydrogen-bond acceptors (Lipinski definition) is 5. The molecule has 0 aliphatic heterocycles. The van der Waals surface area contributed by atoms with Crippen molar-refractivity contribution >= 4 is 57.4 Å². The molecule has 2 amide bonds. The van der Waals surface area contributed by atoms with E-state index in [0.29, 0.717) is 11.4 Å². The first-order valence-electron chi connectivity index (χ1n) is 13.5. The fraction of sp³-hybridized carbons (Fsp3) is 0.176. The Kier molecular flexibility index (Phi) is 11.1. The van der Waals surface area contributed by atoms with Gasteiger partial charge in [-0.05, 0) is 97.1 Å². The number of rotatable bonds is 12. The van der Waals surface area contributed by atoms with Gasteiger partial charge >= 0.3 is 0 Å². The van der Waals surface area contributed by atoms with Gasteiger partial charge in [-0.3, -0.25) is 9.59 Å². The van der Waals surface area contributed by atoms with Crippen LogP contribution >= 0.6 is 0 Å². The molecule has 3 aromatic carbocycles. The van der Waals surface area contributed by atoms with Crippen molar-refractivity contribution in [1.82, 2.24) is 0 Å². The quantitative estimate of drug-likeness (QED) is 0.198. The second kappa shape index (κ2) is 14.9. The molecule has 0 bridgehead atoms. The molecular weight excluding hydrogens is 510 g/mol. The van der Waals surface area contributed by atoms with E-state index in [-0.39, 0.29) is 23.7 Å². The van der Waals surface area contributed by atoms with Crippen molar-refractivity contribution in [3.8, 4) is 0 Å². The van der Waals surface area contributed by atoms with Gasteiger partial charge in [0.15, 0.2) is 0 Å². The molecular formula is C34H37N5O2. The van der Waals surface area contributed by atoms with Gasteiger partial charge in [-0.2, -0.15) is 0 Å². The Morgan fingerprint density at radius 1 is 0.634 bits per heavy atom. The van der Waals surface area contributed by atoms with Crippen molar-refractivity contribution in [1.29, 1.82) is 0 Å². The summed E-state index contributed by atoms with van der Waals surface area (Å²) in [5.41, 5.74) is 6.39. The van der Waals surface area contributed by atoms with Gasteiger partial charge in [0.1, 0.15) is 0 Å². The highest BCUT2D eigenvalue weighted by Gasteiger charge is 2.07. The van der Waals surface area contributed by atoms with Crippen molar-refractivity contribution in [3.63, 3.8) is 0 Å². The zero-order chi connectivity index (χ0) is 29.8. The molecule has 7 nitrogen and oxygen atoms in total. The number of aliphatic imine (C=N–C) groups is 2. The second-order valence-corrected chi connectivity index (χ2v) is 9.90. The lowest BCUT2D eigenvalue weighted by molar-refractivity contribution is -0.120. The predicted octanol–water partition coefficient (Wildman–Crippen LogP) is 8.39. The summed E-state index contributed by atoms with van der Waals surface area (Å²) >= 11 is 0. The normalized spacial score (nSPS) is 12.0. The molecule has 0 saturated heterocycles. The number of anilines is 5. The number of hydrogen-bond donors (Lipinski definition) is 3. The minimum absolute atomic E-state index is 0.00447. The van der Waals surface area contributed by atoms with Crippen LogP contribution in [0.5, 0.6) is 0 Å². The van der Waals surface area contributed by atoms with E-state index in [1.165, 1.54) is 6.08 Å². The van der Waals surface area contributed by atoms with Crippen LogP contribution in [0.1, 0.15) is 27.7 Å². The third-order valence-electron chi connectivity index (χ3n) is 5.84. The van der Waals surface area contributed by atoms with E-state index in [9.17, 15) is 9.59 Å². The summed E-state index contributed by atoms with van der Waals surface area (Å²) in [5, 5.41) is 9.65. The fourth-order valence-corrected chi connectivity index (χ4v) is 3.39. The minimum Gasteiger partial charge on any atom is -0.356 e. The molecule has 3 rings (SSSR count). The number of nitrogens with zero attached hydrogens (tertiary/aromatic N) is 2. The summed E-state index contributed by atoms with van der Waals surface area (Å²) in [6.07, 6.45) is 6.63. The second-order valence-electron chi connectivity index (χ2n) is 9.90. The van der Waals surface area contributed by atoms with Gasteiger partial charge in [0.05, 0.1) is 17.1 Å². The van der Waals surface area contributed by atoms with Crippen molar-refractivity contribution in [3.05, 3.63) is 110 Å². The zero-order valence-corrected chi connectivity index (χ0v) is 24.0. The standard InChI is InChI=1S/C34H37N5O2/c1-7-25(9-10-26(8-2)38-33(40)23(3)4)35-27-11-13-28(14-12-27)36-29-15-17-30(18-16-29)37-31-19-21-32(22-20-31)39-34(41)24(5)6/h7-24,36-37H,1-2H2,3-6H3,(H,39,41). The van der Waals surface area contributed by atoms with Crippen molar-refractivity contribution in [2.24, 2.45) is 21.8 Å². The average molecular weight is 548 g/mol. The predicted molar refractivity (Wildman–Crippen MR) is 173 cm³/mol. The summed E-state index contributed by atoms with van der Waals surface area (Å²) in [6, 6.07) is 23.3. The van der Waals surface area contributed by atoms with E-state index in [0.717, 1.165) is 34.1 Å². The van der Waals surface area contributed by atoms with Crippen LogP contribution in [0.2, 0.25) is 0 Å². The van der Waals surface area contributed by atoms with Crippen LogP contribution < -0.4 is 16.0 Å². The van der Waals surface area contributed by atoms with Gasteiger partial charge in [-0.25, -0.2) is 9.98 Å². The van der Waals surface area contributed by atoms with E-state index in [4.69, 9.17) is 0 Å². The van der Waals surface area contributed by atoms with E-state index < -0.39 is 0 Å². The molecule has 0 fully saturated rings. The van der Waals surface area contributed by atoms with Gasteiger partial charge in [0, 0.05) is 40.3 Å². The Bertz CT molecular complexity index is 1450. The average Bonchev–Trinajstić information content (AvgIpc) is 2.97. The highest BCUT2D eigenvalue weighted by Crippen LogP contribution is 2.24. The molecule has 0 heterocycles. The number of carbonyl (C=O) groups excluding carboxylic acids is 2. The number of benzene rings is 3. The van der Waals surface area contributed by atoms with Gasteiger partial charge in [-0.15, -0.1) is 0 Å². The minimum atomic E-state index is -0.199. The van der Waals surface area contributed by atoms with Crippen LogP contribution in [0.15, 0.2) is 120 Å². The largest absolute Gasteiger partial charge is 0.356 e. The van der Waals surface area contributed by atoms with Crippen LogP contribution in [0.3, 0.4) is 0 Å². The Labute approximate surface area is 242 Å². The van der Waals surface area contributed by atoms with Gasteiger partial charge < -0.3 is 16.0 Å². The molecule has 0 radical (unpaired) electrons. The lowest BCUT2D eigenvalue weighted by Crippen LogP contribution is -2.17. The van der Waals surface area contributed by atoms with E-state index in [1.807, 2.05) is 86.6 Å². The first kappa shape index (κ1) is 30.5. The molecule has 3 aromatic rings. The molecule has 0 aliphatic rings. The summed E-state index contributed by atoms with van der Waals surface area (Å²) in [6.45, 7) is 14.9. The highest BCUT2D eigenvalue weighted by atomic mass is 16.2. The van der Waals surface area contributed by atoms with Gasteiger partial charge in [0.25, 0.3) is 0 Å². The third-order valence-corrected chi connectivity index (χ3v) is 5.84. The molecule has 0 atom stereocenters. The number of nitrogens with one attached hydrogen (secondary N) is 3. The highest BCUT2D eigenvalue weighted by molar-refractivity contribution is 6.14. The maximum Gasteiger partial charge on any atom is 0.248 e. The number of allylic oxidation sites excluding steroid dienone is 4. The van der Waals surface area contributed by atoms with Crippen LogP contribution in [0.4, 0.5) is 34.1 Å². The number of amides is 2. The van der Waals surface area contributed by atoms with Gasteiger partial charge in [0.2, 0.25) is 11.8 Å². The molecule has 41 heavy (non-hydrogen) atoms. The topological polar surface area (TPSA) is 95.0 Å². The summed E-state index contributed by atoms with van der Waals surface area (Å²) in [4.78, 5) is 32.4. The van der Waals surface area contributed by atoms with Crippen molar-refractivity contribution in [2.75, 3.05) is 16.0 Å². The smallest absolute Gasteiger partial charge is 0.248 e. The summed E-state index contributed by atoms with van der Waals surface area (Å²) in [5.74, 6) is -0.446. The number of carbonyl (C=O) groups is 2. The third kappa shape index (κ3) is 9.89. The maximum absolute atomic E-state index is 11.9. The molecule has 0 aromatic heterocycles. The van der Waals surface area contributed by atoms with Crippen LogP contribution in [0, 0.1) is 11.8 Å². The first-order valence-corrected chi connectivity index (χ1v) is 13.5. The Hall–Kier alpha value is -5.04. The molecule has 3 N–H and O–H groups in total. The zero-order valence-electron chi connectivity index (χ0n) is 24.0. The van der Waals surface area contributed by atoms with Crippen molar-refractivity contribution < 1.29 is 9.59 Å². The lowest BCUT2D eigenvalue weighted by atomic mass is 10.2. The maximum atomic E-state index is 11.9. The van der Waals surface area contributed by atoms with Crippen molar-refractivity contribution in [2.45, 2.75) is 27.7 Å². The lowest BCUT2D eigenvalue weighted by Gasteiger charge is -2.11. The molecule has 0 unspecified atom stereocenters. The van der Waals surface area contributed by atoms with Crippen LogP contribution in [-0.4, -0.2) is 23.2 Å². The summed E-state index contributed by atoms with van der Waals surface area (Å²) < 4.78 is 0.